The minimum Gasteiger partial charge on any atom is -0.480 e. The number of carbonyl (C=O) groups excluding carboxylic acids is 1. The second-order valence-electron chi connectivity index (χ2n) is 5.88. The molecule has 0 aliphatic heterocycles. The summed E-state index contributed by atoms with van der Waals surface area (Å²) < 4.78 is 5.15. The topological polar surface area (TPSA) is 96.6 Å². The molecule has 1 atom stereocenters. The van der Waals surface area contributed by atoms with Gasteiger partial charge in [-0.1, -0.05) is 32.0 Å². The van der Waals surface area contributed by atoms with Crippen LogP contribution in [0.2, 0.25) is 0 Å². The molecule has 0 unspecified atom stereocenters. The lowest BCUT2D eigenvalue weighted by molar-refractivity contribution is -0.139. The van der Waals surface area contributed by atoms with Gasteiger partial charge < -0.3 is 14.8 Å². The van der Waals surface area contributed by atoms with Gasteiger partial charge in [-0.3, -0.25) is 4.79 Å². The zero-order chi connectivity index (χ0) is 17.1. The summed E-state index contributed by atoms with van der Waals surface area (Å²) >= 11 is 0. The Labute approximate surface area is 133 Å². The fourth-order valence-electron chi connectivity index (χ4n) is 2.49. The number of carboxylic acids is 1. The number of para-hydroxylation sites is 1. The van der Waals surface area contributed by atoms with Crippen LogP contribution >= 0.6 is 0 Å². The summed E-state index contributed by atoms with van der Waals surface area (Å²) in [6, 6.07) is 5.84. The van der Waals surface area contributed by atoms with Gasteiger partial charge in [0, 0.05) is 5.39 Å². The number of amides is 1. The largest absolute Gasteiger partial charge is 0.480 e. The minimum atomic E-state index is -1.13. The van der Waals surface area contributed by atoms with Crippen LogP contribution in [0.4, 0.5) is 0 Å². The lowest BCUT2D eigenvalue weighted by atomic mass is 10.0. The second kappa shape index (κ2) is 6.64. The van der Waals surface area contributed by atoms with Crippen molar-refractivity contribution in [2.75, 3.05) is 0 Å². The molecule has 0 aliphatic rings. The number of fused-ring (bicyclic) bond motifs is 1. The van der Waals surface area contributed by atoms with Crippen LogP contribution in [0.25, 0.3) is 11.0 Å². The first kappa shape index (κ1) is 16.7. The SMILES string of the molecule is Cc1c(C(=O)N[C@H](CC(C)C)C(=O)O)c(=O)oc2ccccc12. The normalized spacial score (nSPS) is 12.3. The van der Waals surface area contributed by atoms with Crippen LogP contribution < -0.4 is 10.9 Å². The quantitative estimate of drug-likeness (QED) is 0.825. The highest BCUT2D eigenvalue weighted by atomic mass is 16.4. The molecule has 2 rings (SSSR count). The number of benzene rings is 1. The fourth-order valence-corrected chi connectivity index (χ4v) is 2.49. The molecule has 6 nitrogen and oxygen atoms in total. The number of rotatable bonds is 5. The predicted molar refractivity (Wildman–Crippen MR) is 85.6 cm³/mol. The minimum absolute atomic E-state index is 0.0884. The lowest BCUT2D eigenvalue weighted by Crippen LogP contribution is -2.43. The molecule has 122 valence electrons. The predicted octanol–water partition coefficient (Wildman–Crippen LogP) is 2.33. The van der Waals surface area contributed by atoms with E-state index in [1.807, 2.05) is 13.8 Å². The number of nitrogens with one attached hydrogen (secondary N) is 1. The van der Waals surface area contributed by atoms with Gasteiger partial charge in [0.2, 0.25) is 0 Å². The van der Waals surface area contributed by atoms with Crippen molar-refractivity contribution in [1.82, 2.24) is 5.32 Å². The number of carboxylic acid groups (broad SMARTS) is 1. The molecule has 0 saturated carbocycles. The standard InChI is InChI=1S/C17H19NO5/c1-9(2)8-12(16(20)21)18-15(19)14-10(3)11-6-4-5-7-13(11)23-17(14)22/h4-7,9,12H,8H2,1-3H3,(H,18,19)(H,20,21)/t12-/m1/s1. The van der Waals surface area contributed by atoms with E-state index in [-0.39, 0.29) is 17.9 Å². The third-order valence-electron chi connectivity index (χ3n) is 3.61. The molecule has 0 radical (unpaired) electrons. The molecule has 6 heteroatoms. The van der Waals surface area contributed by atoms with Crippen molar-refractivity contribution in [2.45, 2.75) is 33.2 Å². The van der Waals surface area contributed by atoms with Crippen molar-refractivity contribution in [3.63, 3.8) is 0 Å². The molecule has 23 heavy (non-hydrogen) atoms. The van der Waals surface area contributed by atoms with Crippen molar-refractivity contribution in [2.24, 2.45) is 5.92 Å². The zero-order valence-corrected chi connectivity index (χ0v) is 13.3. The van der Waals surface area contributed by atoms with Crippen molar-refractivity contribution in [3.05, 3.63) is 45.8 Å². The molecule has 1 heterocycles. The average Bonchev–Trinajstić information content (AvgIpc) is 2.46. The molecule has 2 aromatic rings. The summed E-state index contributed by atoms with van der Waals surface area (Å²) in [6.45, 7) is 5.36. The number of hydrogen-bond donors (Lipinski definition) is 2. The van der Waals surface area contributed by atoms with Gasteiger partial charge in [0.25, 0.3) is 5.91 Å². The van der Waals surface area contributed by atoms with E-state index in [2.05, 4.69) is 5.32 Å². The number of carbonyl (C=O) groups is 2. The molecule has 0 saturated heterocycles. The van der Waals surface area contributed by atoms with E-state index >= 15 is 0 Å². The summed E-state index contributed by atoms with van der Waals surface area (Å²) in [4.78, 5) is 35.8. The van der Waals surface area contributed by atoms with Gasteiger partial charge >= 0.3 is 11.6 Å². The molecule has 1 aromatic heterocycles. The average molecular weight is 317 g/mol. The number of aryl methyl sites for hydroxylation is 1. The summed E-state index contributed by atoms with van der Waals surface area (Å²) in [7, 11) is 0. The molecule has 2 N–H and O–H groups in total. The Kier molecular flexibility index (Phi) is 4.83. The second-order valence-corrected chi connectivity index (χ2v) is 5.88. The van der Waals surface area contributed by atoms with Gasteiger partial charge in [0.15, 0.2) is 0 Å². The maximum absolute atomic E-state index is 12.4. The van der Waals surface area contributed by atoms with Gasteiger partial charge in [0.1, 0.15) is 17.2 Å². The van der Waals surface area contributed by atoms with Gasteiger partial charge in [-0.2, -0.15) is 0 Å². The Hall–Kier alpha value is -2.63. The molecule has 0 spiro atoms. The summed E-state index contributed by atoms with van der Waals surface area (Å²) in [5, 5.41) is 12.3. The third-order valence-corrected chi connectivity index (χ3v) is 3.61. The van der Waals surface area contributed by atoms with Crippen LogP contribution in [0, 0.1) is 12.8 Å². The first-order valence-corrected chi connectivity index (χ1v) is 7.37. The molecule has 1 amide bonds. The van der Waals surface area contributed by atoms with Gasteiger partial charge in [0.05, 0.1) is 0 Å². The Balaban J connectivity index is 2.41. The summed E-state index contributed by atoms with van der Waals surface area (Å²) in [5.74, 6) is -1.77. The van der Waals surface area contributed by atoms with Gasteiger partial charge in [-0.05, 0) is 30.9 Å². The fraction of sp³-hybridized carbons (Fsp3) is 0.353. The summed E-state index contributed by atoms with van der Waals surface area (Å²) in [6.07, 6.45) is 0.277. The number of aliphatic carboxylic acids is 1. The monoisotopic (exact) mass is 317 g/mol. The Bertz CT molecular complexity index is 806. The first-order valence-electron chi connectivity index (χ1n) is 7.37. The van der Waals surface area contributed by atoms with Crippen molar-refractivity contribution in [3.8, 4) is 0 Å². The van der Waals surface area contributed by atoms with Gasteiger partial charge in [-0.15, -0.1) is 0 Å². The van der Waals surface area contributed by atoms with Crippen molar-refractivity contribution < 1.29 is 19.1 Å². The van der Waals surface area contributed by atoms with Crippen LogP contribution in [0.3, 0.4) is 0 Å². The molecule has 0 aliphatic carbocycles. The van der Waals surface area contributed by atoms with Gasteiger partial charge in [-0.25, -0.2) is 9.59 Å². The van der Waals surface area contributed by atoms with Crippen LogP contribution in [0.5, 0.6) is 0 Å². The first-order chi connectivity index (χ1) is 10.8. The van der Waals surface area contributed by atoms with E-state index in [1.165, 1.54) is 0 Å². The van der Waals surface area contributed by atoms with Crippen LogP contribution in [-0.4, -0.2) is 23.0 Å². The Morgan fingerprint density at radius 2 is 1.91 bits per heavy atom. The third kappa shape index (κ3) is 3.59. The summed E-state index contributed by atoms with van der Waals surface area (Å²) in [5.41, 5.74) is -0.0577. The maximum Gasteiger partial charge on any atom is 0.349 e. The maximum atomic E-state index is 12.4. The van der Waals surface area contributed by atoms with Crippen LogP contribution in [0.1, 0.15) is 36.2 Å². The van der Waals surface area contributed by atoms with Crippen molar-refractivity contribution in [1.29, 1.82) is 0 Å². The highest BCUT2D eigenvalue weighted by Crippen LogP contribution is 2.19. The molecular formula is C17H19NO5. The van der Waals surface area contributed by atoms with E-state index < -0.39 is 23.5 Å². The Morgan fingerprint density at radius 1 is 1.26 bits per heavy atom. The molecule has 1 aromatic carbocycles. The van der Waals surface area contributed by atoms with Crippen molar-refractivity contribution >= 4 is 22.8 Å². The van der Waals surface area contributed by atoms with E-state index in [4.69, 9.17) is 4.42 Å². The zero-order valence-electron chi connectivity index (χ0n) is 13.3. The van der Waals surface area contributed by atoms with Crippen LogP contribution in [0.15, 0.2) is 33.5 Å². The molecular weight excluding hydrogens is 298 g/mol. The van der Waals surface area contributed by atoms with E-state index in [1.54, 1.807) is 31.2 Å². The smallest absolute Gasteiger partial charge is 0.349 e. The van der Waals surface area contributed by atoms with E-state index in [0.717, 1.165) is 0 Å². The highest BCUT2D eigenvalue weighted by Gasteiger charge is 2.25. The highest BCUT2D eigenvalue weighted by molar-refractivity contribution is 6.00. The Morgan fingerprint density at radius 3 is 2.52 bits per heavy atom. The lowest BCUT2D eigenvalue weighted by Gasteiger charge is -2.17. The molecule has 0 bridgehead atoms. The van der Waals surface area contributed by atoms with E-state index in [0.29, 0.717) is 16.5 Å². The molecule has 0 fully saturated rings. The number of hydrogen-bond acceptors (Lipinski definition) is 4. The van der Waals surface area contributed by atoms with Crippen LogP contribution in [-0.2, 0) is 4.79 Å². The van der Waals surface area contributed by atoms with E-state index in [9.17, 15) is 19.5 Å².